The maximum Gasteiger partial charge on any atom is 0.316 e. The summed E-state index contributed by atoms with van der Waals surface area (Å²) in [5, 5.41) is 19.9. The largest absolute Gasteiger partial charge is 0.508 e. The summed E-state index contributed by atoms with van der Waals surface area (Å²) in [5.41, 5.74) is 1.02. The van der Waals surface area contributed by atoms with E-state index in [2.05, 4.69) is 32.1 Å². The number of aliphatic hydroxyl groups excluding tert-OH is 1. The third-order valence-corrected chi connectivity index (χ3v) is 7.99. The van der Waals surface area contributed by atoms with Crippen LogP contribution in [0.3, 0.4) is 0 Å². The second-order valence-corrected chi connectivity index (χ2v) is 11.2. The van der Waals surface area contributed by atoms with Crippen LogP contribution in [0.1, 0.15) is 65.4 Å². The first-order valence-electron chi connectivity index (χ1n) is 12.8. The van der Waals surface area contributed by atoms with Crippen LogP contribution in [0, 0.1) is 23.7 Å². The molecule has 1 aromatic carbocycles. The highest BCUT2D eigenvalue weighted by atomic mass is 16.6. The van der Waals surface area contributed by atoms with Gasteiger partial charge in [0.1, 0.15) is 18.0 Å². The van der Waals surface area contributed by atoms with Gasteiger partial charge in [-0.15, -0.1) is 0 Å². The molecule has 0 saturated carbocycles. The van der Waals surface area contributed by atoms with Gasteiger partial charge in [-0.05, 0) is 74.1 Å². The molecule has 1 fully saturated rings. The van der Waals surface area contributed by atoms with E-state index in [-0.39, 0.29) is 60.0 Å². The van der Waals surface area contributed by atoms with Gasteiger partial charge in [-0.3, -0.25) is 9.59 Å². The van der Waals surface area contributed by atoms with Crippen LogP contribution in [-0.2, 0) is 24.5 Å². The molecule has 0 unspecified atom stereocenters. The molecule has 1 aliphatic heterocycles. The van der Waals surface area contributed by atoms with Gasteiger partial charge in [0.25, 0.3) is 0 Å². The van der Waals surface area contributed by atoms with Crippen molar-refractivity contribution in [1.82, 2.24) is 0 Å². The molecule has 35 heavy (non-hydrogen) atoms. The van der Waals surface area contributed by atoms with Gasteiger partial charge in [0.15, 0.2) is 0 Å². The Labute approximate surface area is 208 Å². The van der Waals surface area contributed by atoms with E-state index in [1.807, 2.05) is 19.9 Å². The van der Waals surface area contributed by atoms with Gasteiger partial charge in [0.05, 0.1) is 17.9 Å². The van der Waals surface area contributed by atoms with Crippen LogP contribution >= 0.6 is 0 Å². The fourth-order valence-electron chi connectivity index (χ4n) is 5.94. The molecule has 3 aliphatic rings. The first-order chi connectivity index (χ1) is 16.5. The normalized spacial score (nSPS) is 32.9. The van der Waals surface area contributed by atoms with Crippen molar-refractivity contribution in [3.05, 3.63) is 53.6 Å². The minimum atomic E-state index is -0.901. The average molecular weight is 483 g/mol. The predicted molar refractivity (Wildman–Crippen MR) is 133 cm³/mol. The van der Waals surface area contributed by atoms with Crippen LogP contribution in [0.25, 0.3) is 0 Å². The van der Waals surface area contributed by atoms with Crippen molar-refractivity contribution in [2.75, 3.05) is 0 Å². The second kappa shape index (κ2) is 10.2. The molecule has 1 heterocycles. The molecule has 0 bridgehead atoms. The summed E-state index contributed by atoms with van der Waals surface area (Å²) in [5.74, 6) is 0.369. The summed E-state index contributed by atoms with van der Waals surface area (Å²) in [6, 6.07) is 6.78. The Morgan fingerprint density at radius 1 is 1.20 bits per heavy atom. The molecule has 0 spiro atoms. The number of ether oxygens (including phenoxy) is 2. The number of aliphatic hydroxyl groups is 1. The van der Waals surface area contributed by atoms with Crippen molar-refractivity contribution < 1.29 is 29.3 Å². The highest BCUT2D eigenvalue weighted by molar-refractivity contribution is 5.82. The molecule has 0 radical (unpaired) electrons. The van der Waals surface area contributed by atoms with Crippen LogP contribution in [0.4, 0.5) is 0 Å². The number of carbonyl (C=O) groups excluding carboxylic acids is 2. The van der Waals surface area contributed by atoms with Crippen molar-refractivity contribution >= 4 is 11.9 Å². The molecule has 1 saturated heterocycles. The number of fused-ring (bicyclic) bond motifs is 1. The number of esters is 2. The first kappa shape index (κ1) is 25.5. The number of rotatable bonds is 6. The summed E-state index contributed by atoms with van der Waals surface area (Å²) in [6.07, 6.45) is 8.31. The van der Waals surface area contributed by atoms with Gasteiger partial charge in [0.2, 0.25) is 0 Å². The van der Waals surface area contributed by atoms with Crippen LogP contribution in [0.15, 0.2) is 48.1 Å². The maximum absolute atomic E-state index is 13.5. The number of hydrogen-bond acceptors (Lipinski definition) is 6. The number of phenols is 1. The van der Waals surface area contributed by atoms with Crippen molar-refractivity contribution in [3.63, 3.8) is 0 Å². The van der Waals surface area contributed by atoms with Crippen molar-refractivity contribution in [2.24, 2.45) is 23.7 Å². The minimum absolute atomic E-state index is 0.0688. The highest BCUT2D eigenvalue weighted by Gasteiger charge is 2.44. The molecule has 6 heteroatoms. The first-order valence-corrected chi connectivity index (χ1v) is 12.8. The molecule has 7 atom stereocenters. The van der Waals surface area contributed by atoms with Crippen LogP contribution < -0.4 is 0 Å². The zero-order valence-electron chi connectivity index (χ0n) is 21.1. The molecule has 6 nitrogen and oxygen atoms in total. The molecule has 1 aromatic rings. The molecule has 0 aromatic heterocycles. The number of carbonyl (C=O) groups is 2. The predicted octanol–water partition coefficient (Wildman–Crippen LogP) is 4.83. The minimum Gasteiger partial charge on any atom is -0.508 e. The van der Waals surface area contributed by atoms with Crippen LogP contribution in [-0.4, -0.2) is 40.5 Å². The Morgan fingerprint density at radius 2 is 1.97 bits per heavy atom. The third kappa shape index (κ3) is 5.64. The van der Waals surface area contributed by atoms with E-state index in [1.165, 1.54) is 5.57 Å². The maximum atomic E-state index is 13.5. The lowest BCUT2D eigenvalue weighted by Crippen LogP contribution is -2.44. The molecule has 0 amide bonds. The highest BCUT2D eigenvalue weighted by Crippen LogP contribution is 2.45. The SMILES string of the molecule is C[C@H]1C=C2C=C[C@H](C)[C@H](CC[C@@H]3C[C@@H](O)CC(=O)O3)[C@H]2[C@@H](OC(=O)C(C)(C)c2cccc(O)c2)C1. The zero-order chi connectivity index (χ0) is 25.3. The summed E-state index contributed by atoms with van der Waals surface area (Å²) >= 11 is 0. The van der Waals surface area contributed by atoms with Crippen molar-refractivity contribution in [2.45, 2.75) is 83.5 Å². The van der Waals surface area contributed by atoms with E-state index in [0.717, 1.165) is 12.8 Å². The van der Waals surface area contributed by atoms with E-state index in [0.29, 0.717) is 18.4 Å². The number of cyclic esters (lactones) is 1. The van der Waals surface area contributed by atoms with Crippen molar-refractivity contribution in [3.8, 4) is 5.75 Å². The fourth-order valence-corrected chi connectivity index (χ4v) is 5.94. The summed E-state index contributed by atoms with van der Waals surface area (Å²) in [7, 11) is 0. The zero-order valence-corrected chi connectivity index (χ0v) is 21.1. The molecule has 190 valence electrons. The van der Waals surface area contributed by atoms with E-state index < -0.39 is 11.5 Å². The van der Waals surface area contributed by atoms with Gasteiger partial charge in [0, 0.05) is 12.3 Å². The molecule has 2 N–H and O–H groups in total. The quantitative estimate of drug-likeness (QED) is 0.564. The number of allylic oxidation sites excluding steroid dienone is 3. The Hall–Kier alpha value is -2.60. The number of aromatic hydroxyl groups is 1. The number of phenolic OH excluding ortho intramolecular Hbond substituents is 1. The van der Waals surface area contributed by atoms with E-state index in [9.17, 15) is 19.8 Å². The summed E-state index contributed by atoms with van der Waals surface area (Å²) in [4.78, 5) is 25.3. The monoisotopic (exact) mass is 482 g/mol. The van der Waals surface area contributed by atoms with Gasteiger partial charge in [-0.1, -0.05) is 44.2 Å². The van der Waals surface area contributed by atoms with Crippen molar-refractivity contribution in [1.29, 1.82) is 0 Å². The Balaban J connectivity index is 1.53. The standard InChI is InChI=1S/C29H38O6/c1-17-12-19-9-8-18(2)24(11-10-23-15-22(31)16-26(32)34-23)27(19)25(13-17)35-28(33)29(3,4)20-6-5-7-21(30)14-20/h5-9,12,14,17-18,22-25,27,30-31H,10-11,13,15-16H2,1-4H3/t17-,18-,22+,23+,24-,25-,27-/m0/s1. The smallest absolute Gasteiger partial charge is 0.316 e. The second-order valence-electron chi connectivity index (χ2n) is 11.2. The van der Waals surface area contributed by atoms with E-state index in [4.69, 9.17) is 9.47 Å². The number of benzene rings is 1. The van der Waals surface area contributed by atoms with Crippen LogP contribution in [0.5, 0.6) is 5.75 Å². The van der Waals surface area contributed by atoms with Gasteiger partial charge >= 0.3 is 11.9 Å². The lowest BCUT2D eigenvalue weighted by atomic mass is 9.65. The molecule has 4 rings (SSSR count). The third-order valence-electron chi connectivity index (χ3n) is 7.99. The molecule has 2 aliphatic carbocycles. The topological polar surface area (TPSA) is 93.1 Å². The average Bonchev–Trinajstić information content (AvgIpc) is 2.78. The van der Waals surface area contributed by atoms with E-state index in [1.54, 1.807) is 18.2 Å². The van der Waals surface area contributed by atoms with Crippen LogP contribution in [0.2, 0.25) is 0 Å². The fraction of sp³-hybridized carbons (Fsp3) is 0.586. The Bertz CT molecular complexity index is 1010. The Kier molecular flexibility index (Phi) is 7.41. The van der Waals surface area contributed by atoms with Gasteiger partial charge in [-0.25, -0.2) is 0 Å². The molecular formula is C29H38O6. The lowest BCUT2D eigenvalue weighted by Gasteiger charge is -2.44. The summed E-state index contributed by atoms with van der Waals surface area (Å²) < 4.78 is 11.8. The van der Waals surface area contributed by atoms with Gasteiger partial charge < -0.3 is 19.7 Å². The molecular weight excluding hydrogens is 444 g/mol. The van der Waals surface area contributed by atoms with E-state index >= 15 is 0 Å². The lowest BCUT2D eigenvalue weighted by molar-refractivity contribution is -0.163. The Morgan fingerprint density at radius 3 is 2.69 bits per heavy atom. The van der Waals surface area contributed by atoms with Gasteiger partial charge in [-0.2, -0.15) is 0 Å². The summed E-state index contributed by atoms with van der Waals surface area (Å²) in [6.45, 7) is 7.99. The number of hydrogen-bond donors (Lipinski definition) is 2.